The average Bonchev–Trinajstić information content (AvgIpc) is 0. The molecule has 1 radical (unpaired) electrons. The van der Waals surface area contributed by atoms with Crippen molar-refractivity contribution < 1.29 is 78.6 Å². The van der Waals surface area contributed by atoms with Crippen LogP contribution in [0, 0.1) is 0 Å². The second kappa shape index (κ2) is 15.9. The summed E-state index contributed by atoms with van der Waals surface area (Å²) in [6.45, 7) is 0. The fourth-order valence-corrected chi connectivity index (χ4v) is 0. The summed E-state index contributed by atoms with van der Waals surface area (Å²) < 4.78 is 0. The molecule has 0 heterocycles. The molecule has 0 aromatic heterocycles. The first-order valence-corrected chi connectivity index (χ1v) is 0. The van der Waals surface area contributed by atoms with Crippen molar-refractivity contribution in [2.24, 2.45) is 0 Å². The molecule has 4 heavy (non-hydrogen) atoms. The molecule has 0 saturated heterocycles. The number of rotatable bonds is 0. The number of hydrogen-bond acceptors (Lipinski definition) is 0. The zero-order valence-corrected chi connectivity index (χ0v) is 11.9. The average molecular weight is 297 g/mol. The zero-order chi connectivity index (χ0) is 0. The monoisotopic (exact) mass is 293 g/mol. The Balaban J connectivity index is 0. The van der Waals surface area contributed by atoms with Crippen LogP contribution in [0.1, 0.15) is 0 Å². The van der Waals surface area contributed by atoms with E-state index in [-0.39, 0.29) is 108 Å². The summed E-state index contributed by atoms with van der Waals surface area (Å²) in [7, 11) is 0. The molecule has 0 saturated carbocycles. The van der Waals surface area contributed by atoms with Crippen molar-refractivity contribution in [3.63, 3.8) is 0 Å². The van der Waals surface area contributed by atoms with Gasteiger partial charge in [0.2, 0.25) is 0 Å². The predicted octanol–water partition coefficient (Wildman–Crippen LogP) is -0.388. The Kier molecular flexibility index (Phi) is 101. The third-order valence-electron chi connectivity index (χ3n) is 0. The molecular weight excluding hydrogens is 297 g/mol. The van der Waals surface area contributed by atoms with Gasteiger partial charge in [-0.25, -0.2) is 0 Å². The molecule has 0 aromatic rings. The summed E-state index contributed by atoms with van der Waals surface area (Å²) >= 11 is 0. The van der Waals surface area contributed by atoms with E-state index in [1.807, 2.05) is 0 Å². The SMILES string of the molecule is [Na].[Zr].[Zr].[Zr]. The van der Waals surface area contributed by atoms with Gasteiger partial charge in [-0.1, -0.05) is 0 Å². The van der Waals surface area contributed by atoms with Crippen LogP contribution in [0.3, 0.4) is 0 Å². The van der Waals surface area contributed by atoms with Gasteiger partial charge in [-0.2, -0.15) is 0 Å². The van der Waals surface area contributed by atoms with Crippen LogP contribution in [0.5, 0.6) is 0 Å². The van der Waals surface area contributed by atoms with Gasteiger partial charge < -0.3 is 0 Å². The fourth-order valence-electron chi connectivity index (χ4n) is 0. The minimum Gasteiger partial charge on any atom is 0 e. The number of hydrogen-bond donors (Lipinski definition) is 0. The molecule has 0 aromatic carbocycles. The molecule has 0 unspecified atom stereocenters. The Bertz CT molecular complexity index is 3.25. The Labute approximate surface area is 106 Å². The summed E-state index contributed by atoms with van der Waals surface area (Å²) in [6.07, 6.45) is 0. The minimum absolute atomic E-state index is 0. The van der Waals surface area contributed by atoms with Gasteiger partial charge in [-0.05, 0) is 0 Å². The molecule has 4 heteroatoms. The van der Waals surface area contributed by atoms with Crippen LogP contribution in [-0.4, -0.2) is 29.6 Å². The summed E-state index contributed by atoms with van der Waals surface area (Å²) in [6, 6.07) is 0. The molecule has 0 N–H and O–H groups in total. The van der Waals surface area contributed by atoms with Gasteiger partial charge in [0.15, 0.2) is 0 Å². The van der Waals surface area contributed by atoms with Crippen molar-refractivity contribution in [3.05, 3.63) is 0 Å². The van der Waals surface area contributed by atoms with Gasteiger partial charge in [0.1, 0.15) is 0 Å². The van der Waals surface area contributed by atoms with E-state index in [0.717, 1.165) is 0 Å². The molecule has 0 spiro atoms. The minimum atomic E-state index is 0. The van der Waals surface area contributed by atoms with Crippen molar-refractivity contribution in [2.75, 3.05) is 0 Å². The van der Waals surface area contributed by atoms with Crippen molar-refractivity contribution in [2.45, 2.75) is 0 Å². The second-order valence-corrected chi connectivity index (χ2v) is 0. The fraction of sp³-hybridized carbons (Fsp3) is 0. The smallest absolute Gasteiger partial charge is 0 e. The Morgan fingerprint density at radius 3 is 0.500 bits per heavy atom. The van der Waals surface area contributed by atoms with Gasteiger partial charge in [0.25, 0.3) is 0 Å². The standard InChI is InChI=1S/Na.3Zr. The molecular formula is NaZr3. The van der Waals surface area contributed by atoms with Crippen molar-refractivity contribution in [1.82, 2.24) is 0 Å². The van der Waals surface area contributed by atoms with E-state index >= 15 is 0 Å². The maximum absolute atomic E-state index is 0. The first kappa shape index (κ1) is 25.4. The largest absolute Gasteiger partial charge is 0 e. The topological polar surface area (TPSA) is 0 Å². The molecule has 0 aliphatic carbocycles. The van der Waals surface area contributed by atoms with Gasteiger partial charge >= 0.3 is 0 Å². The van der Waals surface area contributed by atoms with Crippen LogP contribution in [0.2, 0.25) is 0 Å². The molecule has 0 rings (SSSR count). The van der Waals surface area contributed by atoms with Gasteiger partial charge in [-0.15, -0.1) is 0 Å². The van der Waals surface area contributed by atoms with E-state index in [0.29, 0.717) is 0 Å². The summed E-state index contributed by atoms with van der Waals surface area (Å²) in [5.74, 6) is 0. The van der Waals surface area contributed by atoms with E-state index in [1.54, 1.807) is 0 Å². The van der Waals surface area contributed by atoms with Crippen molar-refractivity contribution in [3.8, 4) is 0 Å². The Morgan fingerprint density at radius 1 is 0.500 bits per heavy atom. The van der Waals surface area contributed by atoms with Crippen LogP contribution in [0.25, 0.3) is 0 Å². The van der Waals surface area contributed by atoms with Crippen molar-refractivity contribution in [1.29, 1.82) is 0 Å². The maximum atomic E-state index is 0. The van der Waals surface area contributed by atoms with E-state index in [2.05, 4.69) is 0 Å². The van der Waals surface area contributed by atoms with Crippen LogP contribution in [0.15, 0.2) is 0 Å². The normalized spacial score (nSPS) is 0. The van der Waals surface area contributed by atoms with Crippen LogP contribution >= 0.6 is 0 Å². The maximum Gasteiger partial charge on any atom is 0 e. The van der Waals surface area contributed by atoms with E-state index in [9.17, 15) is 0 Å². The molecule has 0 aliphatic heterocycles. The van der Waals surface area contributed by atoms with E-state index in [4.69, 9.17) is 0 Å². The van der Waals surface area contributed by atoms with Gasteiger partial charge in [-0.3, -0.25) is 0 Å². The second-order valence-electron chi connectivity index (χ2n) is 0. The van der Waals surface area contributed by atoms with Crippen LogP contribution in [-0.2, 0) is 78.6 Å². The third kappa shape index (κ3) is 9.17. The molecule has 0 nitrogen and oxygen atoms in total. The van der Waals surface area contributed by atoms with Crippen LogP contribution < -0.4 is 0 Å². The summed E-state index contributed by atoms with van der Waals surface area (Å²) in [5, 5.41) is 0. The molecule has 0 fully saturated rings. The summed E-state index contributed by atoms with van der Waals surface area (Å²) in [4.78, 5) is 0. The van der Waals surface area contributed by atoms with E-state index in [1.165, 1.54) is 0 Å². The molecule has 0 amide bonds. The first-order valence-electron chi connectivity index (χ1n) is 0. The molecule has 0 atom stereocenters. The summed E-state index contributed by atoms with van der Waals surface area (Å²) in [5.41, 5.74) is 0. The van der Waals surface area contributed by atoms with Crippen molar-refractivity contribution >= 4 is 29.6 Å². The van der Waals surface area contributed by atoms with Gasteiger partial charge in [0, 0.05) is 108 Å². The third-order valence-corrected chi connectivity index (χ3v) is 0. The van der Waals surface area contributed by atoms with Crippen LogP contribution in [0.4, 0.5) is 0 Å². The first-order chi connectivity index (χ1) is 0. The molecule has 13 valence electrons. The zero-order valence-electron chi connectivity index (χ0n) is 2.50. The Morgan fingerprint density at radius 2 is 0.500 bits per heavy atom. The van der Waals surface area contributed by atoms with Gasteiger partial charge in [0.05, 0.1) is 0 Å². The molecule has 0 bridgehead atoms. The quantitative estimate of drug-likeness (QED) is 0.534. The predicted molar refractivity (Wildman–Crippen MR) is 5.75 cm³/mol. The molecule has 0 aliphatic rings. The van der Waals surface area contributed by atoms with E-state index < -0.39 is 0 Å². The Hall–Kier alpha value is 3.65.